The van der Waals surface area contributed by atoms with E-state index in [0.717, 1.165) is 17.9 Å². The normalized spacial score (nSPS) is 17.0. The number of nitrogens with one attached hydrogen (secondary N) is 1. The molecule has 23 heavy (non-hydrogen) atoms. The van der Waals surface area contributed by atoms with E-state index >= 15 is 0 Å². The number of benzene rings is 1. The van der Waals surface area contributed by atoms with Crippen molar-refractivity contribution in [3.63, 3.8) is 0 Å². The summed E-state index contributed by atoms with van der Waals surface area (Å²) >= 11 is 7.54. The van der Waals surface area contributed by atoms with E-state index < -0.39 is 5.82 Å². The summed E-state index contributed by atoms with van der Waals surface area (Å²) in [4.78, 5) is 16.6. The van der Waals surface area contributed by atoms with Gasteiger partial charge in [-0.3, -0.25) is 4.79 Å². The van der Waals surface area contributed by atoms with Crippen LogP contribution in [0.15, 0.2) is 36.5 Å². The highest BCUT2D eigenvalue weighted by molar-refractivity contribution is 7.99. The fourth-order valence-electron chi connectivity index (χ4n) is 2.19. The average Bonchev–Trinajstić information content (AvgIpc) is 3.04. The van der Waals surface area contributed by atoms with Crippen LogP contribution in [0, 0.1) is 5.82 Å². The van der Waals surface area contributed by atoms with Crippen LogP contribution in [0.5, 0.6) is 5.88 Å². The lowest BCUT2D eigenvalue weighted by Crippen LogP contribution is -2.20. The van der Waals surface area contributed by atoms with Crippen molar-refractivity contribution in [1.29, 1.82) is 0 Å². The molecule has 0 aliphatic carbocycles. The molecule has 1 fully saturated rings. The molecule has 0 radical (unpaired) electrons. The predicted octanol–water partition coefficient (Wildman–Crippen LogP) is 4.01. The van der Waals surface area contributed by atoms with Gasteiger partial charge < -0.3 is 10.1 Å². The standard InChI is InChI=1S/C16H14ClFN2O2S/c17-13-8-10(3-4-14(13)18)20-15(21)12-2-1-6-19-16(12)22-11-5-7-23-9-11/h1-4,6,8,11H,5,7,9H2,(H,20,21). The SMILES string of the molecule is O=C(Nc1ccc(F)c(Cl)c1)c1cccnc1OC1CCSC1. The summed E-state index contributed by atoms with van der Waals surface area (Å²) in [5.41, 5.74) is 0.748. The van der Waals surface area contributed by atoms with Crippen LogP contribution >= 0.6 is 23.4 Å². The molecule has 120 valence electrons. The number of pyridine rings is 1. The fourth-order valence-corrected chi connectivity index (χ4v) is 3.47. The Bertz CT molecular complexity index is 723. The van der Waals surface area contributed by atoms with Crippen LogP contribution in [-0.2, 0) is 0 Å². The quantitative estimate of drug-likeness (QED) is 0.903. The monoisotopic (exact) mass is 352 g/mol. The summed E-state index contributed by atoms with van der Waals surface area (Å²) in [7, 11) is 0. The molecule has 1 aliphatic rings. The van der Waals surface area contributed by atoms with E-state index in [9.17, 15) is 9.18 Å². The lowest BCUT2D eigenvalue weighted by molar-refractivity contribution is 0.101. The van der Waals surface area contributed by atoms with Gasteiger partial charge in [0, 0.05) is 17.6 Å². The molecule has 1 unspecified atom stereocenters. The molecule has 1 amide bonds. The smallest absolute Gasteiger partial charge is 0.261 e. The van der Waals surface area contributed by atoms with E-state index in [-0.39, 0.29) is 17.0 Å². The second-order valence-electron chi connectivity index (χ2n) is 5.04. The first-order valence-corrected chi connectivity index (χ1v) is 8.62. The van der Waals surface area contributed by atoms with Crippen LogP contribution in [0.25, 0.3) is 0 Å². The summed E-state index contributed by atoms with van der Waals surface area (Å²) in [6.45, 7) is 0. The maximum absolute atomic E-state index is 13.2. The molecule has 1 N–H and O–H groups in total. The largest absolute Gasteiger partial charge is 0.473 e. The number of carbonyl (C=O) groups is 1. The first-order chi connectivity index (χ1) is 11.1. The van der Waals surface area contributed by atoms with Crippen LogP contribution in [-0.4, -0.2) is 28.5 Å². The third-order valence-corrected chi connectivity index (χ3v) is 4.78. The molecular formula is C16H14ClFN2O2S. The van der Waals surface area contributed by atoms with Crippen molar-refractivity contribution in [3.8, 4) is 5.88 Å². The molecule has 0 saturated carbocycles. The Labute approximate surface area is 142 Å². The number of ether oxygens (including phenoxy) is 1. The Balaban J connectivity index is 1.77. The summed E-state index contributed by atoms with van der Waals surface area (Å²) < 4.78 is 19.0. The maximum Gasteiger partial charge on any atom is 0.261 e. The van der Waals surface area contributed by atoms with Crippen molar-refractivity contribution in [2.75, 3.05) is 16.8 Å². The van der Waals surface area contributed by atoms with Gasteiger partial charge in [0.2, 0.25) is 5.88 Å². The molecule has 1 saturated heterocycles. The minimum absolute atomic E-state index is 0.0477. The van der Waals surface area contributed by atoms with E-state index in [1.54, 1.807) is 18.3 Å². The van der Waals surface area contributed by atoms with Gasteiger partial charge in [-0.2, -0.15) is 11.8 Å². The molecular weight excluding hydrogens is 339 g/mol. The van der Waals surface area contributed by atoms with Crippen LogP contribution in [0.1, 0.15) is 16.8 Å². The van der Waals surface area contributed by atoms with Crippen molar-refractivity contribution in [2.24, 2.45) is 0 Å². The molecule has 3 rings (SSSR count). The highest BCUT2D eigenvalue weighted by atomic mass is 35.5. The van der Waals surface area contributed by atoms with Crippen molar-refractivity contribution in [1.82, 2.24) is 4.98 Å². The van der Waals surface area contributed by atoms with Gasteiger partial charge in [0.15, 0.2) is 0 Å². The Morgan fingerprint density at radius 3 is 3.04 bits per heavy atom. The highest BCUT2D eigenvalue weighted by Gasteiger charge is 2.21. The van der Waals surface area contributed by atoms with Gasteiger partial charge in [-0.25, -0.2) is 9.37 Å². The number of amides is 1. The number of nitrogens with zero attached hydrogens (tertiary/aromatic N) is 1. The predicted molar refractivity (Wildman–Crippen MR) is 90.0 cm³/mol. The molecule has 2 aromatic rings. The Morgan fingerprint density at radius 2 is 2.30 bits per heavy atom. The van der Waals surface area contributed by atoms with E-state index in [1.807, 2.05) is 11.8 Å². The van der Waals surface area contributed by atoms with Crippen LogP contribution in [0.2, 0.25) is 5.02 Å². The number of carbonyl (C=O) groups excluding carboxylic acids is 1. The number of hydrogen-bond acceptors (Lipinski definition) is 4. The van der Waals surface area contributed by atoms with E-state index in [2.05, 4.69) is 10.3 Å². The van der Waals surface area contributed by atoms with E-state index in [1.165, 1.54) is 18.2 Å². The second-order valence-corrected chi connectivity index (χ2v) is 6.60. The van der Waals surface area contributed by atoms with E-state index in [0.29, 0.717) is 17.1 Å². The van der Waals surface area contributed by atoms with Gasteiger partial charge in [-0.15, -0.1) is 0 Å². The second kappa shape index (κ2) is 7.19. The first kappa shape index (κ1) is 16.1. The van der Waals surface area contributed by atoms with Crippen molar-refractivity contribution in [3.05, 3.63) is 52.9 Å². The average molecular weight is 353 g/mol. The molecule has 1 aromatic carbocycles. The fraction of sp³-hybridized carbons (Fsp3) is 0.250. The molecule has 1 atom stereocenters. The molecule has 1 aliphatic heterocycles. The lowest BCUT2D eigenvalue weighted by Gasteiger charge is -2.14. The number of rotatable bonds is 4. The Morgan fingerprint density at radius 1 is 1.43 bits per heavy atom. The van der Waals surface area contributed by atoms with Gasteiger partial charge in [-0.05, 0) is 42.5 Å². The number of halogens is 2. The zero-order chi connectivity index (χ0) is 16.2. The first-order valence-electron chi connectivity index (χ1n) is 7.09. The summed E-state index contributed by atoms with van der Waals surface area (Å²) in [6, 6.07) is 7.32. The van der Waals surface area contributed by atoms with Gasteiger partial charge >= 0.3 is 0 Å². The summed E-state index contributed by atoms with van der Waals surface area (Å²) in [5.74, 6) is 1.35. The maximum atomic E-state index is 13.2. The van der Waals surface area contributed by atoms with Gasteiger partial charge in [0.25, 0.3) is 5.91 Å². The van der Waals surface area contributed by atoms with Crippen LogP contribution in [0.3, 0.4) is 0 Å². The van der Waals surface area contributed by atoms with Crippen molar-refractivity contribution in [2.45, 2.75) is 12.5 Å². The van der Waals surface area contributed by atoms with Gasteiger partial charge in [0.1, 0.15) is 17.5 Å². The summed E-state index contributed by atoms with van der Waals surface area (Å²) in [5, 5.41) is 2.63. The Hall–Kier alpha value is -1.79. The molecule has 4 nitrogen and oxygen atoms in total. The summed E-state index contributed by atoms with van der Waals surface area (Å²) in [6.07, 6.45) is 2.60. The molecule has 7 heteroatoms. The van der Waals surface area contributed by atoms with Crippen molar-refractivity contribution >= 4 is 35.0 Å². The molecule has 2 heterocycles. The van der Waals surface area contributed by atoms with Crippen LogP contribution in [0.4, 0.5) is 10.1 Å². The number of aromatic nitrogens is 1. The zero-order valence-corrected chi connectivity index (χ0v) is 13.7. The topological polar surface area (TPSA) is 51.2 Å². The molecule has 1 aromatic heterocycles. The Kier molecular flexibility index (Phi) is 5.03. The minimum atomic E-state index is -0.534. The van der Waals surface area contributed by atoms with Gasteiger partial charge in [0.05, 0.1) is 5.02 Å². The number of thioether (sulfide) groups is 1. The minimum Gasteiger partial charge on any atom is -0.473 e. The number of hydrogen-bond donors (Lipinski definition) is 1. The van der Waals surface area contributed by atoms with E-state index in [4.69, 9.17) is 16.3 Å². The molecule has 0 bridgehead atoms. The number of anilines is 1. The third-order valence-electron chi connectivity index (χ3n) is 3.36. The van der Waals surface area contributed by atoms with Gasteiger partial charge in [-0.1, -0.05) is 11.6 Å². The van der Waals surface area contributed by atoms with Crippen molar-refractivity contribution < 1.29 is 13.9 Å². The lowest BCUT2D eigenvalue weighted by atomic mass is 10.2. The highest BCUT2D eigenvalue weighted by Crippen LogP contribution is 2.25. The third kappa shape index (κ3) is 3.95. The zero-order valence-electron chi connectivity index (χ0n) is 12.1. The van der Waals surface area contributed by atoms with Crippen LogP contribution < -0.4 is 10.1 Å². The molecule has 0 spiro atoms.